The minimum absolute atomic E-state index is 0.0522. The van der Waals surface area contributed by atoms with Crippen LogP contribution in [0.4, 0.5) is 0 Å². The van der Waals surface area contributed by atoms with Gasteiger partial charge in [-0.1, -0.05) is 100 Å². The Morgan fingerprint density at radius 2 is 1.54 bits per heavy atom. The summed E-state index contributed by atoms with van der Waals surface area (Å²) in [5.41, 5.74) is 8.31. The number of hydrogen-bond donors (Lipinski definition) is 4. The third-order valence-electron chi connectivity index (χ3n) is 7.14. The van der Waals surface area contributed by atoms with E-state index in [1.165, 1.54) is 0 Å². The Labute approximate surface area is 232 Å². The van der Waals surface area contributed by atoms with E-state index in [2.05, 4.69) is 28.8 Å². The fourth-order valence-corrected chi connectivity index (χ4v) is 4.64. The van der Waals surface area contributed by atoms with Gasteiger partial charge in [0.1, 0.15) is 6.04 Å². The Morgan fingerprint density at radius 3 is 2.23 bits per heavy atom. The van der Waals surface area contributed by atoms with Crippen LogP contribution in [-0.2, 0) is 27.5 Å². The molecule has 39 heavy (non-hydrogen) atoms. The summed E-state index contributed by atoms with van der Waals surface area (Å²) in [6, 6.07) is 22.5. The molecule has 3 aromatic carbocycles. The fraction of sp³-hybridized carbons (Fsp3) is 0.438. The van der Waals surface area contributed by atoms with Crippen molar-refractivity contribution in [3.63, 3.8) is 0 Å². The average Bonchev–Trinajstić information content (AvgIpc) is 2.93. The molecule has 0 fully saturated rings. The number of aliphatic hydroxyl groups excluding tert-OH is 1. The lowest BCUT2D eigenvalue weighted by atomic mass is 9.87. The van der Waals surface area contributed by atoms with Gasteiger partial charge in [0.2, 0.25) is 11.8 Å². The number of hydrogen-bond acceptors (Lipinski definition) is 5. The lowest BCUT2D eigenvalue weighted by Crippen LogP contribution is -2.52. The number of carbonyl (C=O) groups excluding carboxylic acids is 2. The first-order valence-electron chi connectivity index (χ1n) is 13.8. The molecule has 3 aromatic rings. The van der Waals surface area contributed by atoms with Crippen LogP contribution in [0.25, 0.3) is 10.8 Å². The lowest BCUT2D eigenvalue weighted by Gasteiger charge is -2.29. The molecule has 3 rings (SSSR count). The lowest BCUT2D eigenvalue weighted by molar-refractivity contribution is -0.134. The van der Waals surface area contributed by atoms with E-state index in [1.807, 2.05) is 82.3 Å². The van der Waals surface area contributed by atoms with Gasteiger partial charge in [-0.05, 0) is 40.2 Å². The Kier molecular flexibility index (Phi) is 11.5. The van der Waals surface area contributed by atoms with Crippen LogP contribution in [0.5, 0.6) is 0 Å². The predicted octanol–water partition coefficient (Wildman–Crippen LogP) is 4.16. The van der Waals surface area contributed by atoms with Crippen molar-refractivity contribution in [1.82, 2.24) is 10.6 Å². The molecule has 7 heteroatoms. The van der Waals surface area contributed by atoms with E-state index in [0.29, 0.717) is 13.2 Å². The third kappa shape index (κ3) is 8.88. The fourth-order valence-electron chi connectivity index (χ4n) is 4.64. The van der Waals surface area contributed by atoms with E-state index < -0.39 is 24.1 Å². The zero-order chi connectivity index (χ0) is 28.4. The normalized spacial score (nSPS) is 14.7. The van der Waals surface area contributed by atoms with E-state index in [4.69, 9.17) is 10.5 Å². The highest BCUT2D eigenvalue weighted by Gasteiger charge is 2.32. The van der Waals surface area contributed by atoms with Crippen LogP contribution in [0.15, 0.2) is 72.8 Å². The molecule has 0 aliphatic carbocycles. The zero-order valence-electron chi connectivity index (χ0n) is 23.5. The smallest absolute Gasteiger partial charge is 0.243 e. The summed E-state index contributed by atoms with van der Waals surface area (Å²) in [6.07, 6.45) is -0.751. The number of ether oxygens (including phenoxy) is 1. The molecule has 0 bridgehead atoms. The van der Waals surface area contributed by atoms with Gasteiger partial charge in [-0.2, -0.15) is 0 Å². The highest BCUT2D eigenvalue weighted by molar-refractivity contribution is 5.89. The zero-order valence-corrected chi connectivity index (χ0v) is 23.5. The predicted molar refractivity (Wildman–Crippen MR) is 156 cm³/mol. The summed E-state index contributed by atoms with van der Waals surface area (Å²) < 4.78 is 5.87. The first-order valence-corrected chi connectivity index (χ1v) is 13.8. The standard InChI is InChI=1S/C32H43N3O4/c1-21(2)27(31(37)35-30(22(3)4)32(38)34-18-23-11-6-5-7-12-23)17-29(36)28(33)20-39-19-25-15-10-14-24-13-8-9-16-26(24)25/h5-16,21-22,27-30,36H,17-20,33H2,1-4H3,(H,34,38)(H,35,37)/t27-,28-,29-,30-/m0/s1. The van der Waals surface area contributed by atoms with Crippen molar-refractivity contribution in [2.45, 2.75) is 65.5 Å². The van der Waals surface area contributed by atoms with Gasteiger partial charge in [-0.3, -0.25) is 9.59 Å². The summed E-state index contributed by atoms with van der Waals surface area (Å²) in [5.74, 6) is -1.16. The number of aliphatic hydroxyl groups is 1. The van der Waals surface area contributed by atoms with Crippen LogP contribution in [0.3, 0.4) is 0 Å². The third-order valence-corrected chi connectivity index (χ3v) is 7.14. The minimum Gasteiger partial charge on any atom is -0.391 e. The summed E-state index contributed by atoms with van der Waals surface area (Å²) in [5, 5.41) is 19.0. The van der Waals surface area contributed by atoms with Crippen molar-refractivity contribution >= 4 is 22.6 Å². The first-order chi connectivity index (χ1) is 18.7. The average molecular weight is 534 g/mol. The number of fused-ring (bicyclic) bond motifs is 1. The van der Waals surface area contributed by atoms with E-state index in [1.54, 1.807) is 0 Å². The molecule has 0 aliphatic heterocycles. The highest BCUT2D eigenvalue weighted by Crippen LogP contribution is 2.21. The van der Waals surface area contributed by atoms with Crippen LogP contribution < -0.4 is 16.4 Å². The summed E-state index contributed by atoms with van der Waals surface area (Å²) >= 11 is 0. The van der Waals surface area contributed by atoms with Crippen LogP contribution in [0.1, 0.15) is 45.2 Å². The first kappa shape index (κ1) is 30.3. The molecule has 0 unspecified atom stereocenters. The second-order valence-corrected chi connectivity index (χ2v) is 10.9. The Morgan fingerprint density at radius 1 is 0.872 bits per heavy atom. The van der Waals surface area contributed by atoms with Crippen molar-refractivity contribution in [3.8, 4) is 0 Å². The molecular formula is C32H43N3O4. The van der Waals surface area contributed by atoms with E-state index in [9.17, 15) is 14.7 Å². The highest BCUT2D eigenvalue weighted by atomic mass is 16.5. The van der Waals surface area contributed by atoms with Crippen LogP contribution >= 0.6 is 0 Å². The molecule has 0 saturated heterocycles. The Balaban J connectivity index is 1.53. The Bertz CT molecular complexity index is 1190. The number of nitrogens with one attached hydrogen (secondary N) is 2. The maximum Gasteiger partial charge on any atom is 0.243 e. The molecule has 0 aromatic heterocycles. The van der Waals surface area contributed by atoms with Crippen molar-refractivity contribution in [3.05, 3.63) is 83.9 Å². The molecule has 0 aliphatic rings. The molecule has 0 radical (unpaired) electrons. The SMILES string of the molecule is CC(C)[C@H](C[C@H](O)[C@@H](N)COCc1cccc2ccccc12)C(=O)N[C@H](C(=O)NCc1ccccc1)C(C)C. The van der Waals surface area contributed by atoms with Gasteiger partial charge in [0, 0.05) is 12.5 Å². The van der Waals surface area contributed by atoms with Gasteiger partial charge in [-0.15, -0.1) is 0 Å². The van der Waals surface area contributed by atoms with Crippen LogP contribution in [0, 0.1) is 17.8 Å². The number of amides is 2. The van der Waals surface area contributed by atoms with E-state index in [0.717, 1.165) is 21.9 Å². The van der Waals surface area contributed by atoms with Gasteiger partial charge in [-0.25, -0.2) is 0 Å². The molecule has 7 nitrogen and oxygen atoms in total. The number of rotatable bonds is 14. The molecule has 4 atom stereocenters. The van der Waals surface area contributed by atoms with Crippen molar-refractivity contribution in [2.75, 3.05) is 6.61 Å². The Hall–Kier alpha value is -3.26. The van der Waals surface area contributed by atoms with Crippen molar-refractivity contribution in [2.24, 2.45) is 23.5 Å². The van der Waals surface area contributed by atoms with Gasteiger partial charge in [0.25, 0.3) is 0 Å². The number of carbonyl (C=O) groups is 2. The van der Waals surface area contributed by atoms with Gasteiger partial charge in [0.15, 0.2) is 0 Å². The summed E-state index contributed by atoms with van der Waals surface area (Å²) in [7, 11) is 0. The second-order valence-electron chi connectivity index (χ2n) is 10.9. The van der Waals surface area contributed by atoms with Crippen molar-refractivity contribution in [1.29, 1.82) is 0 Å². The number of nitrogens with two attached hydrogens (primary N) is 1. The molecule has 2 amide bonds. The molecule has 0 spiro atoms. The largest absolute Gasteiger partial charge is 0.391 e. The molecule has 0 heterocycles. The quantitative estimate of drug-likeness (QED) is 0.248. The molecule has 210 valence electrons. The summed E-state index contributed by atoms with van der Waals surface area (Å²) in [4.78, 5) is 26.2. The molecular weight excluding hydrogens is 490 g/mol. The maximum atomic E-state index is 13.3. The van der Waals surface area contributed by atoms with Gasteiger partial charge < -0.3 is 26.2 Å². The topological polar surface area (TPSA) is 114 Å². The number of benzene rings is 3. The van der Waals surface area contributed by atoms with Gasteiger partial charge >= 0.3 is 0 Å². The molecule has 0 saturated carbocycles. The van der Waals surface area contributed by atoms with E-state index >= 15 is 0 Å². The maximum absolute atomic E-state index is 13.3. The second kappa shape index (κ2) is 14.8. The van der Waals surface area contributed by atoms with E-state index in [-0.39, 0.29) is 36.7 Å². The minimum atomic E-state index is -0.930. The molecule has 5 N–H and O–H groups in total. The summed E-state index contributed by atoms with van der Waals surface area (Å²) in [6.45, 7) is 8.58. The van der Waals surface area contributed by atoms with Gasteiger partial charge in [0.05, 0.1) is 25.4 Å². The van der Waals surface area contributed by atoms with Crippen LogP contribution in [0.2, 0.25) is 0 Å². The van der Waals surface area contributed by atoms with Crippen LogP contribution in [-0.4, -0.2) is 41.7 Å². The van der Waals surface area contributed by atoms with Crippen molar-refractivity contribution < 1.29 is 19.4 Å². The monoisotopic (exact) mass is 533 g/mol.